The number of nitrogens with one attached hydrogen (secondary N) is 2. The Morgan fingerprint density at radius 3 is 2.67 bits per heavy atom. The molecule has 0 saturated carbocycles. The van der Waals surface area contributed by atoms with Gasteiger partial charge in [-0.1, -0.05) is 0 Å². The molecule has 1 aromatic rings. The topological polar surface area (TPSA) is 65.4 Å². The lowest BCUT2D eigenvalue weighted by Crippen LogP contribution is -2.41. The van der Waals surface area contributed by atoms with E-state index >= 15 is 0 Å². The second kappa shape index (κ2) is 4.99. The smallest absolute Gasteiger partial charge is 0.180 e. The number of hydrogen-bond donors (Lipinski definition) is 2. The van der Waals surface area contributed by atoms with Crippen LogP contribution in [-0.4, -0.2) is 40.9 Å². The molecule has 96 valence electrons. The van der Waals surface area contributed by atoms with Crippen LogP contribution in [0.4, 0.5) is 0 Å². The summed E-state index contributed by atoms with van der Waals surface area (Å²) in [6, 6.07) is 1.82. The summed E-state index contributed by atoms with van der Waals surface area (Å²) < 4.78 is 0. The fourth-order valence-electron chi connectivity index (χ4n) is 2.46. The van der Waals surface area contributed by atoms with Crippen LogP contribution in [-0.2, 0) is 0 Å². The van der Waals surface area contributed by atoms with Gasteiger partial charge < -0.3 is 10.7 Å². The average Bonchev–Trinajstić information content (AvgIpc) is 2.83. The van der Waals surface area contributed by atoms with E-state index in [9.17, 15) is 0 Å². The van der Waals surface area contributed by atoms with Crippen LogP contribution >= 0.6 is 0 Å². The molecule has 6 heteroatoms. The zero-order valence-electron chi connectivity index (χ0n) is 10.5. The van der Waals surface area contributed by atoms with Crippen molar-refractivity contribution in [3.63, 3.8) is 0 Å². The maximum Gasteiger partial charge on any atom is 0.180 e. The second-order valence-corrected chi connectivity index (χ2v) is 4.74. The lowest BCUT2D eigenvalue weighted by atomic mass is 9.97. The molecular weight excluding hydrogens is 228 g/mol. The molecule has 1 atom stereocenters. The van der Waals surface area contributed by atoms with Crippen LogP contribution in [0.5, 0.6) is 0 Å². The highest BCUT2D eigenvalue weighted by Crippen LogP contribution is 2.24. The van der Waals surface area contributed by atoms with E-state index in [2.05, 4.69) is 20.7 Å². The molecule has 0 amide bonds. The Balaban J connectivity index is 1.78. The van der Waals surface area contributed by atoms with E-state index in [-0.39, 0.29) is 6.17 Å². The van der Waals surface area contributed by atoms with Gasteiger partial charge in [-0.2, -0.15) is 5.01 Å². The highest BCUT2D eigenvalue weighted by atomic mass is 15.6. The highest BCUT2D eigenvalue weighted by Gasteiger charge is 2.30. The first-order valence-electron chi connectivity index (χ1n) is 6.39. The molecule has 1 saturated heterocycles. The van der Waals surface area contributed by atoms with Crippen LogP contribution in [0.1, 0.15) is 24.8 Å². The largest absolute Gasteiger partial charge is 0.317 e. The molecule has 0 radical (unpaired) electrons. The third-order valence-electron chi connectivity index (χ3n) is 3.46. The number of hydrogen-bond acceptors (Lipinski definition) is 6. The van der Waals surface area contributed by atoms with Crippen molar-refractivity contribution in [2.75, 3.05) is 20.1 Å². The molecule has 0 aromatic carbocycles. The Labute approximate surface area is 107 Å². The van der Waals surface area contributed by atoms with Gasteiger partial charge in [0.05, 0.1) is 0 Å². The molecular formula is C12H18N6. The Hall–Kier alpha value is -1.53. The van der Waals surface area contributed by atoms with Crippen molar-refractivity contribution in [3.8, 4) is 0 Å². The van der Waals surface area contributed by atoms with Gasteiger partial charge in [0.15, 0.2) is 12.0 Å². The van der Waals surface area contributed by atoms with Crippen molar-refractivity contribution >= 4 is 5.84 Å². The van der Waals surface area contributed by atoms with Gasteiger partial charge in [-0.05, 0) is 32.0 Å². The summed E-state index contributed by atoms with van der Waals surface area (Å²) >= 11 is 0. The Morgan fingerprint density at radius 1 is 1.22 bits per heavy atom. The van der Waals surface area contributed by atoms with Gasteiger partial charge in [0.1, 0.15) is 5.84 Å². The Bertz CT molecular complexity index is 425. The van der Waals surface area contributed by atoms with Gasteiger partial charge in [0.2, 0.25) is 0 Å². The quantitative estimate of drug-likeness (QED) is 0.787. The molecule has 2 aliphatic heterocycles. The summed E-state index contributed by atoms with van der Waals surface area (Å²) in [7, 11) is 1.98. The summed E-state index contributed by atoms with van der Waals surface area (Å²) in [4.78, 5) is 13.3. The first kappa shape index (κ1) is 11.6. The maximum atomic E-state index is 4.74. The molecule has 18 heavy (non-hydrogen) atoms. The van der Waals surface area contributed by atoms with E-state index < -0.39 is 0 Å². The van der Waals surface area contributed by atoms with Crippen LogP contribution < -0.4 is 10.7 Å². The lowest BCUT2D eigenvalue weighted by Gasteiger charge is -2.23. The van der Waals surface area contributed by atoms with Gasteiger partial charge >= 0.3 is 0 Å². The Kier molecular flexibility index (Phi) is 3.21. The minimum atomic E-state index is -0.101. The number of piperidine rings is 1. The van der Waals surface area contributed by atoms with Crippen molar-refractivity contribution in [2.24, 2.45) is 10.9 Å². The van der Waals surface area contributed by atoms with E-state index in [1.165, 1.54) is 0 Å². The number of hydrazine groups is 1. The van der Waals surface area contributed by atoms with Crippen LogP contribution in [0.15, 0.2) is 23.5 Å². The van der Waals surface area contributed by atoms with E-state index in [1.807, 2.05) is 18.1 Å². The number of nitrogens with zero attached hydrogens (tertiary/aromatic N) is 4. The van der Waals surface area contributed by atoms with Gasteiger partial charge in [-0.25, -0.2) is 15.0 Å². The van der Waals surface area contributed by atoms with Gasteiger partial charge in [0, 0.05) is 25.4 Å². The minimum absolute atomic E-state index is 0.101. The van der Waals surface area contributed by atoms with Crippen molar-refractivity contribution in [1.82, 2.24) is 25.7 Å². The normalized spacial score (nSPS) is 25.8. The zero-order valence-corrected chi connectivity index (χ0v) is 10.5. The molecule has 1 unspecified atom stereocenters. The van der Waals surface area contributed by atoms with Crippen molar-refractivity contribution in [3.05, 3.63) is 24.3 Å². The van der Waals surface area contributed by atoms with Crippen LogP contribution in [0.2, 0.25) is 0 Å². The first-order valence-corrected chi connectivity index (χ1v) is 6.39. The van der Waals surface area contributed by atoms with E-state index in [0.717, 1.165) is 37.6 Å². The van der Waals surface area contributed by atoms with Gasteiger partial charge in [-0.3, -0.25) is 0 Å². The molecule has 3 heterocycles. The highest BCUT2D eigenvalue weighted by molar-refractivity contribution is 5.85. The summed E-state index contributed by atoms with van der Waals surface area (Å²) in [5.41, 5.74) is 3.35. The zero-order chi connectivity index (χ0) is 12.4. The summed E-state index contributed by atoms with van der Waals surface area (Å²) in [6.07, 6.45) is 5.70. The molecule has 1 fully saturated rings. The number of aliphatic imine (C=N–C) groups is 1. The van der Waals surface area contributed by atoms with Crippen LogP contribution in [0.3, 0.4) is 0 Å². The fourth-order valence-corrected chi connectivity index (χ4v) is 2.46. The maximum absolute atomic E-state index is 4.74. The average molecular weight is 246 g/mol. The molecule has 2 N–H and O–H groups in total. The van der Waals surface area contributed by atoms with Crippen molar-refractivity contribution < 1.29 is 0 Å². The predicted molar refractivity (Wildman–Crippen MR) is 68.7 cm³/mol. The molecule has 0 spiro atoms. The number of aromatic nitrogens is 2. The van der Waals surface area contributed by atoms with E-state index in [4.69, 9.17) is 4.99 Å². The predicted octanol–water partition coefficient (Wildman–Crippen LogP) is 0.323. The fraction of sp³-hybridized carbons (Fsp3) is 0.583. The monoisotopic (exact) mass is 246 g/mol. The van der Waals surface area contributed by atoms with Gasteiger partial charge in [0.25, 0.3) is 0 Å². The van der Waals surface area contributed by atoms with Crippen molar-refractivity contribution in [1.29, 1.82) is 0 Å². The summed E-state index contributed by atoms with van der Waals surface area (Å²) in [5.74, 6) is 2.36. The van der Waals surface area contributed by atoms with Crippen LogP contribution in [0.25, 0.3) is 0 Å². The summed E-state index contributed by atoms with van der Waals surface area (Å²) in [6.45, 7) is 2.14. The van der Waals surface area contributed by atoms with Gasteiger partial charge in [-0.15, -0.1) is 0 Å². The molecule has 6 nitrogen and oxygen atoms in total. The molecule has 1 aromatic heterocycles. The minimum Gasteiger partial charge on any atom is -0.317 e. The molecule has 2 aliphatic rings. The Morgan fingerprint density at radius 2 is 1.94 bits per heavy atom. The van der Waals surface area contributed by atoms with Crippen LogP contribution in [0, 0.1) is 5.92 Å². The first-order chi connectivity index (χ1) is 8.84. The number of amidine groups is 1. The third kappa shape index (κ3) is 2.21. The second-order valence-electron chi connectivity index (χ2n) is 4.74. The SMILES string of the molecule is CN1NC(C2CCNCC2)=NC1c1ncccn1. The molecule has 0 bridgehead atoms. The standard InChI is InChI=1S/C12H18N6/c1-18-12(11-14-5-2-6-15-11)16-10(17-18)9-3-7-13-8-4-9/h2,5-6,9,12-13H,3-4,7-8H2,1H3,(H,16,17). The molecule has 0 aliphatic carbocycles. The van der Waals surface area contributed by atoms with E-state index in [0.29, 0.717) is 5.92 Å². The lowest BCUT2D eigenvalue weighted by molar-refractivity contribution is 0.231. The van der Waals surface area contributed by atoms with E-state index in [1.54, 1.807) is 12.4 Å². The third-order valence-corrected chi connectivity index (χ3v) is 3.46. The number of rotatable bonds is 2. The van der Waals surface area contributed by atoms with Crippen molar-refractivity contribution in [2.45, 2.75) is 19.0 Å². The molecule has 3 rings (SSSR count). The summed E-state index contributed by atoms with van der Waals surface area (Å²) in [5, 5.41) is 5.35.